The Hall–Kier alpha value is -1.46. The molecule has 0 fully saturated rings. The smallest absolute Gasteiger partial charge is 0.450 e. The molecule has 0 aromatic heterocycles. The van der Waals surface area contributed by atoms with Gasteiger partial charge in [-0.05, 0) is 13.3 Å². The van der Waals surface area contributed by atoms with Gasteiger partial charge in [0.05, 0.1) is 0 Å². The van der Waals surface area contributed by atoms with Crippen LogP contribution >= 0.6 is 0 Å². The van der Waals surface area contributed by atoms with Gasteiger partial charge in [-0.3, -0.25) is 0 Å². The molecule has 2 N–H and O–H groups in total. The summed E-state index contributed by atoms with van der Waals surface area (Å²) >= 11 is 0. The van der Waals surface area contributed by atoms with E-state index in [9.17, 15) is 9.59 Å². The number of ether oxygens (including phenoxy) is 2. The van der Waals surface area contributed by atoms with E-state index in [2.05, 4.69) is 9.47 Å². The highest BCUT2D eigenvalue weighted by Crippen LogP contribution is 2.08. The van der Waals surface area contributed by atoms with Gasteiger partial charge in [-0.1, -0.05) is 6.92 Å². The molecule has 0 saturated carbocycles. The van der Waals surface area contributed by atoms with E-state index in [1.807, 2.05) is 0 Å². The minimum atomic E-state index is -1.44. The minimum Gasteiger partial charge on any atom is -0.450 e. The van der Waals surface area contributed by atoms with E-state index in [1.165, 1.54) is 6.92 Å². The van der Waals surface area contributed by atoms with Crippen LogP contribution in [0.3, 0.4) is 0 Å². The fourth-order valence-electron chi connectivity index (χ4n) is 0.875. The van der Waals surface area contributed by atoms with Gasteiger partial charge in [-0.2, -0.15) is 0 Å². The van der Waals surface area contributed by atoms with Gasteiger partial charge in [-0.15, -0.1) is 0 Å². The fourth-order valence-corrected chi connectivity index (χ4v) is 0.875. The van der Waals surface area contributed by atoms with Gasteiger partial charge in [0.15, 0.2) is 0 Å². The van der Waals surface area contributed by atoms with Gasteiger partial charge in [0.1, 0.15) is 12.2 Å². The topological polar surface area (TPSA) is 93.1 Å². The van der Waals surface area contributed by atoms with Gasteiger partial charge in [0, 0.05) is 0 Å². The van der Waals surface area contributed by atoms with E-state index in [0.29, 0.717) is 6.42 Å². The monoisotopic (exact) mass is 192 g/mol. The lowest BCUT2D eigenvalue weighted by Crippen LogP contribution is -2.31. The summed E-state index contributed by atoms with van der Waals surface area (Å²) in [5, 5.41) is 16.5. The molecular weight excluding hydrogens is 180 g/mol. The third kappa shape index (κ3) is 4.89. The molecule has 0 spiro atoms. The van der Waals surface area contributed by atoms with Crippen molar-refractivity contribution >= 4 is 12.3 Å². The third-order valence-corrected chi connectivity index (χ3v) is 1.46. The molecular formula is C7H12O6. The van der Waals surface area contributed by atoms with Gasteiger partial charge in [0.2, 0.25) is 0 Å². The van der Waals surface area contributed by atoms with Crippen LogP contribution in [0.2, 0.25) is 0 Å². The zero-order valence-electron chi connectivity index (χ0n) is 7.39. The quantitative estimate of drug-likeness (QED) is 0.656. The summed E-state index contributed by atoms with van der Waals surface area (Å²) in [5.41, 5.74) is 0. The lowest BCUT2D eigenvalue weighted by molar-refractivity contribution is -0.0341. The summed E-state index contributed by atoms with van der Waals surface area (Å²) < 4.78 is 8.72. The molecule has 0 heterocycles. The number of rotatable bonds is 4. The van der Waals surface area contributed by atoms with E-state index in [1.54, 1.807) is 6.92 Å². The van der Waals surface area contributed by atoms with Crippen LogP contribution in [0.1, 0.15) is 20.3 Å². The van der Waals surface area contributed by atoms with Gasteiger partial charge < -0.3 is 19.7 Å². The highest BCUT2D eigenvalue weighted by Gasteiger charge is 2.22. The number of hydrogen-bond donors (Lipinski definition) is 2. The van der Waals surface area contributed by atoms with E-state index >= 15 is 0 Å². The van der Waals surface area contributed by atoms with Crippen LogP contribution in [-0.2, 0) is 9.47 Å². The zero-order valence-corrected chi connectivity index (χ0v) is 7.39. The van der Waals surface area contributed by atoms with Crippen LogP contribution < -0.4 is 0 Å². The summed E-state index contributed by atoms with van der Waals surface area (Å²) in [4.78, 5) is 20.2. The number of carboxylic acid groups (broad SMARTS) is 2. The summed E-state index contributed by atoms with van der Waals surface area (Å²) in [6, 6.07) is 0. The largest absolute Gasteiger partial charge is 0.506 e. The van der Waals surface area contributed by atoms with E-state index < -0.39 is 24.5 Å². The maximum atomic E-state index is 10.1. The van der Waals surface area contributed by atoms with Gasteiger partial charge in [-0.25, -0.2) is 9.59 Å². The second kappa shape index (κ2) is 5.23. The van der Waals surface area contributed by atoms with Crippen LogP contribution in [0.4, 0.5) is 9.59 Å². The van der Waals surface area contributed by atoms with Crippen molar-refractivity contribution in [3.63, 3.8) is 0 Å². The Kier molecular flexibility index (Phi) is 4.64. The molecule has 0 aliphatic heterocycles. The molecule has 6 heteroatoms. The summed E-state index contributed by atoms with van der Waals surface area (Å²) in [5.74, 6) is 0. The fraction of sp³-hybridized carbons (Fsp3) is 0.714. The lowest BCUT2D eigenvalue weighted by Gasteiger charge is -2.19. The number of carbonyl (C=O) groups is 2. The van der Waals surface area contributed by atoms with Crippen LogP contribution in [0.15, 0.2) is 0 Å². The first kappa shape index (κ1) is 11.5. The Morgan fingerprint density at radius 1 is 1.23 bits per heavy atom. The molecule has 6 nitrogen and oxygen atoms in total. The van der Waals surface area contributed by atoms with Crippen LogP contribution in [-0.4, -0.2) is 34.7 Å². The van der Waals surface area contributed by atoms with Gasteiger partial charge >= 0.3 is 12.3 Å². The molecule has 0 bridgehead atoms. The molecule has 0 rings (SSSR count). The second-order valence-corrected chi connectivity index (χ2v) is 2.42. The van der Waals surface area contributed by atoms with Crippen molar-refractivity contribution in [3.8, 4) is 0 Å². The molecule has 0 aromatic rings. The normalized spacial score (nSPS) is 14.3. The third-order valence-electron chi connectivity index (χ3n) is 1.46. The van der Waals surface area contributed by atoms with Crippen molar-refractivity contribution in [3.05, 3.63) is 0 Å². The molecule has 0 aliphatic carbocycles. The second-order valence-electron chi connectivity index (χ2n) is 2.42. The predicted molar refractivity (Wildman–Crippen MR) is 41.8 cm³/mol. The maximum absolute atomic E-state index is 10.1. The van der Waals surface area contributed by atoms with Crippen molar-refractivity contribution in [2.24, 2.45) is 0 Å². The number of hydrogen-bond acceptors (Lipinski definition) is 4. The highest BCUT2D eigenvalue weighted by molar-refractivity contribution is 5.58. The average molecular weight is 192 g/mol. The Balaban J connectivity index is 4.06. The van der Waals surface area contributed by atoms with Crippen molar-refractivity contribution in [2.45, 2.75) is 32.5 Å². The molecule has 76 valence electrons. The van der Waals surface area contributed by atoms with E-state index in [4.69, 9.17) is 10.2 Å². The van der Waals surface area contributed by atoms with Gasteiger partial charge in [0.25, 0.3) is 0 Å². The highest BCUT2D eigenvalue weighted by atomic mass is 16.7. The Morgan fingerprint density at radius 3 is 2.00 bits per heavy atom. The molecule has 2 unspecified atom stereocenters. The molecule has 0 amide bonds. The lowest BCUT2D eigenvalue weighted by atomic mass is 10.2. The van der Waals surface area contributed by atoms with Crippen molar-refractivity contribution < 1.29 is 29.3 Å². The van der Waals surface area contributed by atoms with Crippen LogP contribution in [0.25, 0.3) is 0 Å². The Bertz CT molecular complexity index is 189. The standard InChI is InChI=1S/C7H12O6/c1-3-5(13-7(10)11)4(2)12-6(8)9/h4-5H,3H2,1-2H3,(H,8,9)(H,10,11). The average Bonchev–Trinajstić information content (AvgIpc) is 1.98. The molecule has 13 heavy (non-hydrogen) atoms. The minimum absolute atomic E-state index is 0.362. The predicted octanol–water partition coefficient (Wildman–Crippen LogP) is 1.54. The summed E-state index contributed by atoms with van der Waals surface area (Å²) in [6.07, 6.45) is -4.07. The first-order chi connectivity index (χ1) is 5.97. The van der Waals surface area contributed by atoms with Crippen molar-refractivity contribution in [2.75, 3.05) is 0 Å². The molecule has 0 saturated heterocycles. The Labute approximate surface area is 75.1 Å². The molecule has 2 atom stereocenters. The zero-order chi connectivity index (χ0) is 10.4. The molecule has 0 aromatic carbocycles. The van der Waals surface area contributed by atoms with Crippen LogP contribution in [0.5, 0.6) is 0 Å². The maximum Gasteiger partial charge on any atom is 0.506 e. The molecule has 0 radical (unpaired) electrons. The van der Waals surface area contributed by atoms with Crippen molar-refractivity contribution in [1.29, 1.82) is 0 Å². The van der Waals surface area contributed by atoms with E-state index in [-0.39, 0.29) is 0 Å². The SMILES string of the molecule is CCC(OC(=O)O)C(C)OC(=O)O. The first-order valence-corrected chi connectivity index (χ1v) is 3.76. The van der Waals surface area contributed by atoms with Crippen molar-refractivity contribution in [1.82, 2.24) is 0 Å². The molecule has 0 aliphatic rings. The Morgan fingerprint density at radius 2 is 1.69 bits per heavy atom. The van der Waals surface area contributed by atoms with Crippen LogP contribution in [0, 0.1) is 0 Å². The summed E-state index contributed by atoms with van der Waals surface area (Å²) in [7, 11) is 0. The van der Waals surface area contributed by atoms with E-state index in [0.717, 1.165) is 0 Å². The first-order valence-electron chi connectivity index (χ1n) is 3.76. The summed E-state index contributed by atoms with van der Waals surface area (Å²) in [6.45, 7) is 3.11.